The SMILES string of the molecule is O=P(O)(O)OCl.[H-].[H-].[H-].[K+].[K+].[Na+]. The standard InChI is InChI=1S/ClH2O4P.2K.Na.3H/c1-5-6(2,3)4;;;;;;/h(H2,2,3,4);;;;;;/q;3*+1;3*-1. The normalized spacial score (nSPS) is 7.89. The molecule has 44 valence electrons. The van der Waals surface area contributed by atoms with E-state index in [0.29, 0.717) is 0 Å². The van der Waals surface area contributed by atoms with Crippen molar-refractivity contribution in [3.05, 3.63) is 0 Å². The minimum absolute atomic E-state index is 0. The fourth-order valence-corrected chi connectivity index (χ4v) is 0. The van der Waals surface area contributed by atoms with Gasteiger partial charge in [0.2, 0.25) is 0 Å². The molecule has 0 fully saturated rings. The van der Waals surface area contributed by atoms with Gasteiger partial charge in [0.25, 0.3) is 0 Å². The number of halogens is 1. The second-order valence-electron chi connectivity index (χ2n) is 0.560. The first-order valence-electron chi connectivity index (χ1n) is 0.919. The average Bonchev–Trinajstić information content (AvgIpc) is 1.35. The summed E-state index contributed by atoms with van der Waals surface area (Å²) in [6.45, 7) is 0. The van der Waals surface area contributed by atoms with Crippen molar-refractivity contribution in [1.82, 2.24) is 0 Å². The van der Waals surface area contributed by atoms with Crippen LogP contribution in [0.3, 0.4) is 0 Å². The zero-order valence-corrected chi connectivity index (χ0v) is 15.4. The third-order valence-corrected chi connectivity index (χ3v) is 0.809. The van der Waals surface area contributed by atoms with Gasteiger partial charge in [0.1, 0.15) is 0 Å². The van der Waals surface area contributed by atoms with E-state index in [4.69, 9.17) is 9.79 Å². The molecule has 0 saturated heterocycles. The third-order valence-electron chi connectivity index (χ3n) is 0.0899. The van der Waals surface area contributed by atoms with Gasteiger partial charge in [-0.2, -0.15) is 4.08 Å². The number of phosphoric acid groups is 1. The molecule has 0 spiro atoms. The molecule has 0 radical (unpaired) electrons. The van der Waals surface area contributed by atoms with E-state index in [1.807, 2.05) is 0 Å². The van der Waals surface area contributed by atoms with Gasteiger partial charge in [0.05, 0.1) is 11.9 Å². The number of hydrogen-bond acceptors (Lipinski definition) is 2. The van der Waals surface area contributed by atoms with Crippen molar-refractivity contribution in [3.8, 4) is 0 Å². The fourth-order valence-electron chi connectivity index (χ4n) is 0. The van der Waals surface area contributed by atoms with Crippen molar-refractivity contribution < 1.29 is 155 Å². The molecule has 0 amide bonds. The van der Waals surface area contributed by atoms with E-state index >= 15 is 0 Å². The Hall–Kier alpha value is 4.67. The summed E-state index contributed by atoms with van der Waals surface area (Å²) in [6, 6.07) is 0. The fraction of sp³-hybridized carbons (Fsp3) is 0. The van der Waals surface area contributed by atoms with E-state index in [1.165, 1.54) is 0 Å². The summed E-state index contributed by atoms with van der Waals surface area (Å²) in [5, 5.41) is 0. The zero-order chi connectivity index (χ0) is 5.21. The summed E-state index contributed by atoms with van der Waals surface area (Å²) in [5.74, 6) is 0. The predicted octanol–water partition coefficient (Wildman–Crippen LogP) is -8.40. The Balaban J connectivity index is -0.00000000833. The summed E-state index contributed by atoms with van der Waals surface area (Å²) in [7, 11) is -4.38. The maximum Gasteiger partial charge on any atom is 1.00 e. The van der Waals surface area contributed by atoms with Crippen molar-refractivity contribution in [2.45, 2.75) is 0 Å². The Kier molecular flexibility index (Phi) is 33.0. The molecule has 0 heterocycles. The average molecular weight is 237 g/mol. The quantitative estimate of drug-likeness (QED) is 0.351. The molecule has 0 aliphatic carbocycles. The van der Waals surface area contributed by atoms with Crippen LogP contribution in [0.4, 0.5) is 0 Å². The summed E-state index contributed by atoms with van der Waals surface area (Å²) in [4.78, 5) is 15.2. The van der Waals surface area contributed by atoms with Crippen LogP contribution in [0.2, 0.25) is 0 Å². The first-order chi connectivity index (χ1) is 2.56. The van der Waals surface area contributed by atoms with Crippen molar-refractivity contribution in [2.24, 2.45) is 0 Å². The molecule has 9 heteroatoms. The van der Waals surface area contributed by atoms with Gasteiger partial charge in [0.15, 0.2) is 0 Å². The second kappa shape index (κ2) is 12.7. The molecule has 4 nitrogen and oxygen atoms in total. The Morgan fingerprint density at radius 3 is 1.56 bits per heavy atom. The van der Waals surface area contributed by atoms with Crippen LogP contribution in [-0.2, 0) is 8.64 Å². The molecule has 0 aromatic carbocycles. The molecular formula is H5ClK2NaO4P. The predicted molar refractivity (Wildman–Crippen MR) is 22.3 cm³/mol. The van der Waals surface area contributed by atoms with E-state index in [1.54, 1.807) is 0 Å². The van der Waals surface area contributed by atoms with Crippen molar-refractivity contribution in [1.29, 1.82) is 0 Å². The first kappa shape index (κ1) is 23.5. The van der Waals surface area contributed by atoms with Gasteiger partial charge in [-0.25, -0.2) is 4.57 Å². The Morgan fingerprint density at radius 2 is 1.56 bits per heavy atom. The van der Waals surface area contributed by atoms with Gasteiger partial charge in [-0.05, 0) is 0 Å². The van der Waals surface area contributed by atoms with Crippen molar-refractivity contribution in [2.75, 3.05) is 0 Å². The molecule has 0 atom stereocenters. The minimum Gasteiger partial charge on any atom is -1.00 e. The summed E-state index contributed by atoms with van der Waals surface area (Å²) in [5.41, 5.74) is 0. The van der Waals surface area contributed by atoms with Crippen LogP contribution in [0.25, 0.3) is 0 Å². The number of hydrogen-bond donors (Lipinski definition) is 2. The zero-order valence-electron chi connectivity index (χ0n) is 8.54. The van der Waals surface area contributed by atoms with Gasteiger partial charge >= 0.3 is 140 Å². The molecule has 9 heavy (non-hydrogen) atoms. The van der Waals surface area contributed by atoms with Crippen LogP contribution in [0.15, 0.2) is 0 Å². The summed E-state index contributed by atoms with van der Waals surface area (Å²) < 4.78 is 12.4. The molecule has 0 aromatic heterocycles. The summed E-state index contributed by atoms with van der Waals surface area (Å²) >= 11 is 4.21. The first-order valence-corrected chi connectivity index (χ1v) is 2.76. The summed E-state index contributed by atoms with van der Waals surface area (Å²) in [6.07, 6.45) is 0. The van der Waals surface area contributed by atoms with E-state index in [-0.39, 0.29) is 137 Å². The smallest absolute Gasteiger partial charge is 1.00 e. The molecule has 0 unspecified atom stereocenters. The number of rotatable bonds is 1. The van der Waals surface area contributed by atoms with E-state index in [0.717, 1.165) is 0 Å². The van der Waals surface area contributed by atoms with Gasteiger partial charge in [-0.3, -0.25) is 0 Å². The van der Waals surface area contributed by atoms with Gasteiger partial charge in [-0.1, -0.05) is 0 Å². The molecule has 0 bridgehead atoms. The van der Waals surface area contributed by atoms with Gasteiger partial charge in [-0.15, -0.1) is 0 Å². The molecule has 0 saturated carbocycles. The van der Waals surface area contributed by atoms with E-state index < -0.39 is 7.82 Å². The molecule has 0 rings (SSSR count). The molecule has 2 N–H and O–H groups in total. The van der Waals surface area contributed by atoms with Crippen LogP contribution in [-0.4, -0.2) is 9.79 Å². The third kappa shape index (κ3) is 24.5. The molecule has 0 aliphatic rings. The maximum absolute atomic E-state index is 9.34. The van der Waals surface area contributed by atoms with E-state index in [2.05, 4.69) is 15.9 Å². The van der Waals surface area contributed by atoms with Crippen LogP contribution < -0.4 is 132 Å². The van der Waals surface area contributed by atoms with Gasteiger partial charge in [0, 0.05) is 0 Å². The topological polar surface area (TPSA) is 66.8 Å². The Labute approximate surface area is 170 Å². The largest absolute Gasteiger partial charge is 1.00 e. The van der Waals surface area contributed by atoms with Crippen LogP contribution in [0, 0.1) is 0 Å². The van der Waals surface area contributed by atoms with Crippen LogP contribution in [0.1, 0.15) is 4.28 Å². The van der Waals surface area contributed by atoms with E-state index in [9.17, 15) is 4.57 Å². The Bertz CT molecular complexity index is 92.4. The van der Waals surface area contributed by atoms with Crippen LogP contribution in [0.5, 0.6) is 0 Å². The van der Waals surface area contributed by atoms with Crippen LogP contribution >= 0.6 is 19.7 Å². The monoisotopic (exact) mass is 236 g/mol. The second-order valence-corrected chi connectivity index (χ2v) is 2.09. The molecule has 0 aliphatic heterocycles. The maximum atomic E-state index is 9.34. The van der Waals surface area contributed by atoms with Crippen molar-refractivity contribution in [3.63, 3.8) is 0 Å². The minimum atomic E-state index is -4.38. The Morgan fingerprint density at radius 1 is 1.44 bits per heavy atom. The molecular weight excluding hydrogens is 232 g/mol. The molecule has 0 aromatic rings. The van der Waals surface area contributed by atoms with Gasteiger partial charge < -0.3 is 14.1 Å². The van der Waals surface area contributed by atoms with Crippen molar-refractivity contribution >= 4 is 19.7 Å².